The first-order chi connectivity index (χ1) is 7.81. The number of rotatable bonds is 4. The van der Waals surface area contributed by atoms with Crippen LogP contribution in [0.1, 0.15) is 38.2 Å². The third kappa shape index (κ3) is 2.43. The van der Waals surface area contributed by atoms with Crippen LogP contribution in [0, 0.1) is 0 Å². The number of carbonyl (C=O) groups excluding carboxylic acids is 1. The maximum absolute atomic E-state index is 11.8. The molecule has 2 nitrogen and oxygen atoms in total. The van der Waals surface area contributed by atoms with Gasteiger partial charge in [-0.05, 0) is 30.9 Å². The summed E-state index contributed by atoms with van der Waals surface area (Å²) in [6.07, 6.45) is 4.28. The molecule has 0 amide bonds. The Bertz CT molecular complexity index is 371. The highest BCUT2D eigenvalue weighted by atomic mass is 16.5. The molecular formula is C14H18O2. The smallest absolute Gasteiger partial charge is 0.173 e. The predicted molar refractivity (Wildman–Crippen MR) is 63.7 cm³/mol. The number of unbranched alkanes of at least 4 members (excludes halogenated alkanes) is 1. The molecule has 0 spiro atoms. The summed E-state index contributed by atoms with van der Waals surface area (Å²) in [4.78, 5) is 11.8. The van der Waals surface area contributed by atoms with Gasteiger partial charge in [0.2, 0.25) is 0 Å². The van der Waals surface area contributed by atoms with Crippen LogP contribution in [-0.2, 0) is 11.2 Å². The third-order valence-electron chi connectivity index (χ3n) is 3.05. The van der Waals surface area contributed by atoms with Gasteiger partial charge in [-0.3, -0.25) is 4.79 Å². The van der Waals surface area contributed by atoms with Gasteiger partial charge in [-0.1, -0.05) is 31.5 Å². The number of ketones is 1. The van der Waals surface area contributed by atoms with Gasteiger partial charge in [0.05, 0.1) is 0 Å². The minimum Gasteiger partial charge on any atom is -0.482 e. The summed E-state index contributed by atoms with van der Waals surface area (Å²) in [6, 6.07) is 8.00. The number of aryl methyl sites for hydroxylation is 1. The van der Waals surface area contributed by atoms with Crippen LogP contribution in [0.3, 0.4) is 0 Å². The zero-order valence-corrected chi connectivity index (χ0v) is 9.74. The average Bonchev–Trinajstić information content (AvgIpc) is 2.35. The molecule has 1 aliphatic rings. The van der Waals surface area contributed by atoms with Crippen molar-refractivity contribution in [2.24, 2.45) is 0 Å². The average molecular weight is 218 g/mol. The lowest BCUT2D eigenvalue weighted by molar-refractivity contribution is -0.126. The quantitative estimate of drug-likeness (QED) is 0.776. The van der Waals surface area contributed by atoms with Gasteiger partial charge in [-0.15, -0.1) is 0 Å². The summed E-state index contributed by atoms with van der Waals surface area (Å²) in [5, 5.41) is 0. The van der Waals surface area contributed by atoms with Crippen molar-refractivity contribution in [1.82, 2.24) is 0 Å². The highest BCUT2D eigenvalue weighted by molar-refractivity contribution is 5.83. The lowest BCUT2D eigenvalue weighted by Crippen LogP contribution is -2.31. The van der Waals surface area contributed by atoms with Gasteiger partial charge in [-0.25, -0.2) is 0 Å². The molecule has 1 atom stereocenters. The van der Waals surface area contributed by atoms with Crippen molar-refractivity contribution in [2.75, 3.05) is 0 Å². The summed E-state index contributed by atoms with van der Waals surface area (Å²) in [5.74, 6) is 1.15. The van der Waals surface area contributed by atoms with Gasteiger partial charge >= 0.3 is 0 Å². The van der Waals surface area contributed by atoms with Crippen molar-refractivity contribution in [3.63, 3.8) is 0 Å². The van der Waals surface area contributed by atoms with Gasteiger partial charge in [0.15, 0.2) is 11.9 Å². The van der Waals surface area contributed by atoms with Gasteiger partial charge in [0, 0.05) is 6.42 Å². The maximum atomic E-state index is 11.8. The fraction of sp³-hybridized carbons (Fsp3) is 0.500. The molecule has 0 N–H and O–H groups in total. The minimum atomic E-state index is -0.207. The van der Waals surface area contributed by atoms with Crippen LogP contribution in [0.2, 0.25) is 0 Å². The summed E-state index contributed by atoms with van der Waals surface area (Å²) >= 11 is 0. The van der Waals surface area contributed by atoms with Gasteiger partial charge in [-0.2, -0.15) is 0 Å². The molecule has 0 saturated carbocycles. The summed E-state index contributed by atoms with van der Waals surface area (Å²) < 4.78 is 5.74. The molecule has 0 radical (unpaired) electrons. The molecule has 2 heteroatoms. The van der Waals surface area contributed by atoms with Gasteiger partial charge in [0.25, 0.3) is 0 Å². The van der Waals surface area contributed by atoms with Gasteiger partial charge in [0.1, 0.15) is 5.75 Å². The number of hydrogen-bond donors (Lipinski definition) is 0. The number of ether oxygens (including phenoxy) is 1. The normalized spacial score (nSPS) is 18.7. The first kappa shape index (κ1) is 11.2. The summed E-state index contributed by atoms with van der Waals surface area (Å²) in [6.45, 7) is 2.10. The number of para-hydroxylation sites is 1. The van der Waals surface area contributed by atoms with E-state index in [4.69, 9.17) is 4.74 Å². The Kier molecular flexibility index (Phi) is 3.60. The Labute approximate surface area is 96.6 Å². The van der Waals surface area contributed by atoms with Crippen molar-refractivity contribution in [3.05, 3.63) is 29.8 Å². The fourth-order valence-corrected chi connectivity index (χ4v) is 2.06. The molecule has 1 aromatic carbocycles. The molecule has 0 aliphatic carbocycles. The van der Waals surface area contributed by atoms with E-state index in [2.05, 4.69) is 13.0 Å². The van der Waals surface area contributed by atoms with Crippen molar-refractivity contribution >= 4 is 5.78 Å². The minimum absolute atomic E-state index is 0.207. The molecule has 0 fully saturated rings. The van der Waals surface area contributed by atoms with E-state index < -0.39 is 0 Å². The molecule has 16 heavy (non-hydrogen) atoms. The molecule has 0 saturated heterocycles. The lowest BCUT2D eigenvalue weighted by Gasteiger charge is -2.24. The maximum Gasteiger partial charge on any atom is 0.173 e. The largest absolute Gasteiger partial charge is 0.482 e. The Morgan fingerprint density at radius 2 is 2.25 bits per heavy atom. The zero-order valence-electron chi connectivity index (χ0n) is 9.74. The lowest BCUT2D eigenvalue weighted by atomic mass is 9.98. The molecule has 0 bridgehead atoms. The second-order valence-corrected chi connectivity index (χ2v) is 4.32. The first-order valence-corrected chi connectivity index (χ1v) is 6.08. The molecule has 1 unspecified atom stereocenters. The molecule has 1 heterocycles. The third-order valence-corrected chi connectivity index (χ3v) is 3.05. The van der Waals surface area contributed by atoms with Gasteiger partial charge < -0.3 is 4.74 Å². The van der Waals surface area contributed by atoms with Crippen LogP contribution in [0.5, 0.6) is 5.75 Å². The Morgan fingerprint density at radius 1 is 1.44 bits per heavy atom. The molecule has 1 aromatic rings. The van der Waals surface area contributed by atoms with E-state index in [0.29, 0.717) is 6.42 Å². The van der Waals surface area contributed by atoms with Crippen LogP contribution in [0.15, 0.2) is 24.3 Å². The molecule has 1 aliphatic heterocycles. The van der Waals surface area contributed by atoms with Crippen LogP contribution in [-0.4, -0.2) is 11.9 Å². The predicted octanol–water partition coefficient (Wildman–Crippen LogP) is 3.14. The monoisotopic (exact) mass is 218 g/mol. The number of fused-ring (bicyclic) bond motifs is 1. The number of benzene rings is 1. The van der Waals surface area contributed by atoms with E-state index in [1.165, 1.54) is 5.56 Å². The van der Waals surface area contributed by atoms with Crippen molar-refractivity contribution in [3.8, 4) is 5.75 Å². The van der Waals surface area contributed by atoms with E-state index in [1.807, 2.05) is 18.2 Å². The Hall–Kier alpha value is -1.31. The Balaban J connectivity index is 1.99. The standard InChI is InChI=1S/C14H18O2/c1-2-3-7-12(15)14-10-9-11-6-4-5-8-13(11)16-14/h4-6,8,14H,2-3,7,9-10H2,1H3. The van der Waals surface area contributed by atoms with Crippen LogP contribution < -0.4 is 4.74 Å². The second kappa shape index (κ2) is 5.15. The van der Waals surface area contributed by atoms with E-state index in [9.17, 15) is 4.79 Å². The highest BCUT2D eigenvalue weighted by Gasteiger charge is 2.24. The molecule has 0 aromatic heterocycles. The second-order valence-electron chi connectivity index (χ2n) is 4.32. The van der Waals surface area contributed by atoms with Crippen molar-refractivity contribution < 1.29 is 9.53 Å². The SMILES string of the molecule is CCCCC(=O)C1CCc2ccccc2O1. The molecule has 86 valence electrons. The summed E-state index contributed by atoms with van der Waals surface area (Å²) in [5.41, 5.74) is 1.22. The van der Waals surface area contributed by atoms with Crippen LogP contribution in [0.25, 0.3) is 0 Å². The van der Waals surface area contributed by atoms with E-state index >= 15 is 0 Å². The van der Waals surface area contributed by atoms with E-state index in [0.717, 1.165) is 31.4 Å². The topological polar surface area (TPSA) is 26.3 Å². The highest BCUT2D eigenvalue weighted by Crippen LogP contribution is 2.27. The number of hydrogen-bond acceptors (Lipinski definition) is 2. The van der Waals surface area contributed by atoms with E-state index in [-0.39, 0.29) is 11.9 Å². The van der Waals surface area contributed by atoms with Crippen molar-refractivity contribution in [1.29, 1.82) is 0 Å². The van der Waals surface area contributed by atoms with Crippen LogP contribution >= 0.6 is 0 Å². The zero-order chi connectivity index (χ0) is 11.4. The summed E-state index contributed by atoms with van der Waals surface area (Å²) in [7, 11) is 0. The van der Waals surface area contributed by atoms with E-state index in [1.54, 1.807) is 0 Å². The fourth-order valence-electron chi connectivity index (χ4n) is 2.06. The molecule has 2 rings (SSSR count). The molecular weight excluding hydrogens is 200 g/mol. The van der Waals surface area contributed by atoms with Crippen LogP contribution in [0.4, 0.5) is 0 Å². The number of Topliss-reactive ketones (excluding diaryl/α,β-unsaturated/α-hetero) is 1. The Morgan fingerprint density at radius 3 is 3.06 bits per heavy atom. The van der Waals surface area contributed by atoms with Crippen molar-refractivity contribution in [2.45, 2.75) is 45.1 Å². The number of carbonyl (C=O) groups is 1. The first-order valence-electron chi connectivity index (χ1n) is 6.08.